The van der Waals surface area contributed by atoms with Gasteiger partial charge in [0.05, 0.1) is 12.0 Å². The van der Waals surface area contributed by atoms with Gasteiger partial charge in [0.25, 0.3) is 0 Å². The number of aryl methyl sites for hydroxylation is 1. The van der Waals surface area contributed by atoms with Crippen molar-refractivity contribution >= 4 is 17.2 Å². The van der Waals surface area contributed by atoms with Crippen LogP contribution in [0.4, 0.5) is 0 Å². The zero-order chi connectivity index (χ0) is 16.9. The summed E-state index contributed by atoms with van der Waals surface area (Å²) < 4.78 is 5.39. The van der Waals surface area contributed by atoms with Gasteiger partial charge in [-0.3, -0.25) is 4.79 Å². The molecule has 1 atom stereocenters. The molecule has 3 aromatic rings. The largest absolute Gasteiger partial charge is 0.462 e. The van der Waals surface area contributed by atoms with Gasteiger partial charge >= 0.3 is 0 Å². The first-order chi connectivity index (χ1) is 11.6. The fourth-order valence-electron chi connectivity index (χ4n) is 2.56. The van der Waals surface area contributed by atoms with Crippen LogP contribution >= 0.6 is 11.3 Å². The minimum absolute atomic E-state index is 0.0220. The van der Waals surface area contributed by atoms with Gasteiger partial charge in [0, 0.05) is 23.9 Å². The van der Waals surface area contributed by atoms with Gasteiger partial charge in [-0.15, -0.1) is 11.3 Å². The molecular formula is C19H20N2O2S. The summed E-state index contributed by atoms with van der Waals surface area (Å²) in [6, 6.07) is 12.4. The van der Waals surface area contributed by atoms with Crippen LogP contribution in [0.15, 0.2) is 52.5 Å². The summed E-state index contributed by atoms with van der Waals surface area (Å²) in [5.74, 6) is 0.823. The molecule has 1 aromatic carbocycles. The maximum atomic E-state index is 11.0. The molecule has 0 saturated carbocycles. The molecule has 24 heavy (non-hydrogen) atoms. The highest BCUT2D eigenvalue weighted by Crippen LogP contribution is 2.29. The van der Waals surface area contributed by atoms with Crippen LogP contribution in [0, 0.1) is 0 Å². The van der Waals surface area contributed by atoms with E-state index in [0.29, 0.717) is 0 Å². The molecular weight excluding hydrogens is 320 g/mol. The van der Waals surface area contributed by atoms with E-state index in [1.165, 1.54) is 5.56 Å². The van der Waals surface area contributed by atoms with Gasteiger partial charge < -0.3 is 9.73 Å². The Morgan fingerprint density at radius 3 is 2.75 bits per heavy atom. The van der Waals surface area contributed by atoms with E-state index >= 15 is 0 Å². The van der Waals surface area contributed by atoms with Crippen LogP contribution in [0.5, 0.6) is 0 Å². The van der Waals surface area contributed by atoms with Crippen molar-refractivity contribution in [2.24, 2.45) is 0 Å². The molecule has 0 spiro atoms. The molecule has 4 nitrogen and oxygen atoms in total. The maximum absolute atomic E-state index is 11.0. The Bertz CT molecular complexity index is 791. The second-order valence-electron chi connectivity index (χ2n) is 5.85. The van der Waals surface area contributed by atoms with Crippen molar-refractivity contribution in [3.8, 4) is 22.0 Å². The highest BCUT2D eigenvalue weighted by molar-refractivity contribution is 7.13. The van der Waals surface area contributed by atoms with E-state index in [0.717, 1.165) is 34.9 Å². The summed E-state index contributed by atoms with van der Waals surface area (Å²) in [5, 5.41) is 5.85. The summed E-state index contributed by atoms with van der Waals surface area (Å²) in [4.78, 5) is 15.7. The molecule has 0 unspecified atom stereocenters. The van der Waals surface area contributed by atoms with Gasteiger partial charge in [-0.25, -0.2) is 4.98 Å². The third-order valence-electron chi connectivity index (χ3n) is 3.80. The molecule has 0 saturated heterocycles. The van der Waals surface area contributed by atoms with Crippen LogP contribution in [-0.2, 0) is 11.2 Å². The molecule has 3 rings (SSSR count). The number of furan rings is 1. The van der Waals surface area contributed by atoms with Gasteiger partial charge in [0.15, 0.2) is 10.8 Å². The molecule has 0 aliphatic heterocycles. The van der Waals surface area contributed by atoms with Gasteiger partial charge in [0.2, 0.25) is 5.91 Å². The van der Waals surface area contributed by atoms with E-state index in [4.69, 9.17) is 4.42 Å². The van der Waals surface area contributed by atoms with Gasteiger partial charge in [-0.1, -0.05) is 24.3 Å². The zero-order valence-electron chi connectivity index (χ0n) is 13.8. The van der Waals surface area contributed by atoms with Crippen LogP contribution in [0.2, 0.25) is 0 Å². The Balaban J connectivity index is 1.63. The molecule has 1 amide bonds. The third-order valence-corrected chi connectivity index (χ3v) is 4.66. The van der Waals surface area contributed by atoms with Crippen molar-refractivity contribution in [2.75, 3.05) is 0 Å². The predicted octanol–water partition coefficient (Wildman–Crippen LogP) is 4.53. The number of carbonyl (C=O) groups is 1. The number of hydrogen-bond acceptors (Lipinski definition) is 4. The Morgan fingerprint density at radius 2 is 2.08 bits per heavy atom. The summed E-state index contributed by atoms with van der Waals surface area (Å²) in [6.07, 6.45) is 3.53. The molecule has 0 aliphatic rings. The first kappa shape index (κ1) is 16.5. The Labute approximate surface area is 145 Å². The molecule has 0 radical (unpaired) electrons. The number of benzene rings is 1. The molecule has 2 aromatic heterocycles. The number of rotatable bonds is 6. The molecule has 0 aliphatic carbocycles. The van der Waals surface area contributed by atoms with Crippen LogP contribution < -0.4 is 5.32 Å². The highest BCUT2D eigenvalue weighted by Gasteiger charge is 2.09. The van der Waals surface area contributed by atoms with Crippen LogP contribution in [-0.4, -0.2) is 16.9 Å². The summed E-state index contributed by atoms with van der Waals surface area (Å²) in [7, 11) is 0. The summed E-state index contributed by atoms with van der Waals surface area (Å²) in [5.41, 5.74) is 3.32. The van der Waals surface area contributed by atoms with Crippen molar-refractivity contribution in [1.82, 2.24) is 10.3 Å². The van der Waals surface area contributed by atoms with E-state index in [2.05, 4.69) is 34.6 Å². The lowest BCUT2D eigenvalue weighted by Gasteiger charge is -2.12. The van der Waals surface area contributed by atoms with Crippen LogP contribution in [0.25, 0.3) is 22.0 Å². The van der Waals surface area contributed by atoms with Crippen LogP contribution in [0.3, 0.4) is 0 Å². The predicted molar refractivity (Wildman–Crippen MR) is 96.9 cm³/mol. The average molecular weight is 340 g/mol. The van der Waals surface area contributed by atoms with Gasteiger partial charge in [0.1, 0.15) is 0 Å². The second-order valence-corrected chi connectivity index (χ2v) is 6.71. The molecule has 2 heterocycles. The smallest absolute Gasteiger partial charge is 0.217 e. The standard InChI is InChI=1S/C19H20N2O2S/c1-13(20-14(2)22)5-6-15-7-9-16(10-8-15)17-12-24-19(21-17)18-4-3-11-23-18/h3-4,7-13H,5-6H2,1-2H3,(H,20,22)/t13-/m0/s1. The molecule has 5 heteroatoms. The molecule has 0 bridgehead atoms. The van der Waals surface area contributed by atoms with Crippen LogP contribution in [0.1, 0.15) is 25.8 Å². The van der Waals surface area contributed by atoms with Crippen molar-refractivity contribution in [2.45, 2.75) is 32.7 Å². The zero-order valence-corrected chi connectivity index (χ0v) is 14.6. The molecule has 0 fully saturated rings. The van der Waals surface area contributed by atoms with Crippen molar-refractivity contribution in [1.29, 1.82) is 0 Å². The quantitative estimate of drug-likeness (QED) is 0.717. The van der Waals surface area contributed by atoms with Gasteiger partial charge in [-0.05, 0) is 37.5 Å². The monoisotopic (exact) mass is 340 g/mol. The van der Waals surface area contributed by atoms with E-state index in [1.54, 1.807) is 24.5 Å². The van der Waals surface area contributed by atoms with Crippen molar-refractivity contribution in [3.63, 3.8) is 0 Å². The Morgan fingerprint density at radius 1 is 1.29 bits per heavy atom. The number of nitrogens with zero attached hydrogens (tertiary/aromatic N) is 1. The fourth-order valence-corrected chi connectivity index (χ4v) is 3.36. The second kappa shape index (κ2) is 7.45. The SMILES string of the molecule is CC(=O)N[C@@H](C)CCc1ccc(-c2csc(-c3ccco3)n2)cc1. The Kier molecular flexibility index (Phi) is 5.11. The molecule has 124 valence electrons. The van der Waals surface area contributed by atoms with E-state index in [1.807, 2.05) is 24.4 Å². The lowest BCUT2D eigenvalue weighted by atomic mass is 10.0. The first-order valence-electron chi connectivity index (χ1n) is 7.97. The van der Waals surface area contributed by atoms with E-state index < -0.39 is 0 Å². The van der Waals surface area contributed by atoms with E-state index in [-0.39, 0.29) is 11.9 Å². The lowest BCUT2D eigenvalue weighted by molar-refractivity contribution is -0.119. The highest BCUT2D eigenvalue weighted by atomic mass is 32.1. The number of aromatic nitrogens is 1. The minimum atomic E-state index is 0.0220. The number of amides is 1. The topological polar surface area (TPSA) is 55.1 Å². The number of carbonyl (C=O) groups excluding carboxylic acids is 1. The van der Waals surface area contributed by atoms with Crippen molar-refractivity contribution < 1.29 is 9.21 Å². The van der Waals surface area contributed by atoms with E-state index in [9.17, 15) is 4.79 Å². The number of nitrogens with one attached hydrogen (secondary N) is 1. The van der Waals surface area contributed by atoms with Crippen molar-refractivity contribution in [3.05, 3.63) is 53.6 Å². The normalized spacial score (nSPS) is 12.1. The fraction of sp³-hybridized carbons (Fsp3) is 0.263. The number of hydrogen-bond donors (Lipinski definition) is 1. The summed E-state index contributed by atoms with van der Waals surface area (Å²) in [6.45, 7) is 3.58. The lowest BCUT2D eigenvalue weighted by Crippen LogP contribution is -2.30. The Hall–Kier alpha value is -2.40. The minimum Gasteiger partial charge on any atom is -0.462 e. The third kappa shape index (κ3) is 4.11. The molecule has 1 N–H and O–H groups in total. The number of thiazole rings is 1. The average Bonchev–Trinajstić information content (AvgIpc) is 3.24. The van der Waals surface area contributed by atoms with Gasteiger partial charge in [-0.2, -0.15) is 0 Å². The first-order valence-corrected chi connectivity index (χ1v) is 8.85. The summed E-state index contributed by atoms with van der Waals surface area (Å²) >= 11 is 1.58. The maximum Gasteiger partial charge on any atom is 0.217 e.